The maximum absolute atomic E-state index is 13.2. The van der Waals surface area contributed by atoms with E-state index in [1.807, 2.05) is 0 Å². The Hall–Kier alpha value is -0.850. The van der Waals surface area contributed by atoms with Crippen molar-refractivity contribution < 1.29 is 18.0 Å². The van der Waals surface area contributed by atoms with Crippen molar-refractivity contribution in [3.05, 3.63) is 10.6 Å². The molecule has 0 bridgehead atoms. The number of hydrogen-bond acceptors (Lipinski definition) is 2. The molecule has 7 heteroatoms. The van der Waals surface area contributed by atoms with Crippen LogP contribution in [0.3, 0.4) is 0 Å². The van der Waals surface area contributed by atoms with E-state index in [0.717, 1.165) is 0 Å². The van der Waals surface area contributed by atoms with E-state index in [-0.39, 0.29) is 24.3 Å². The average Bonchev–Trinajstić information content (AvgIpc) is 2.62. The standard InChI is InChI=1S/C12H12BrF3N2O/c13-6-3-7-9-5-17-1-2-18(9)11(19)10(7)8(4-6)12(14,15)16/h1,3,7-10H,2,4-5H2. The van der Waals surface area contributed by atoms with Crippen molar-refractivity contribution in [2.24, 2.45) is 22.7 Å². The molecular formula is C12H12BrF3N2O. The highest BCUT2D eigenvalue weighted by Crippen LogP contribution is 2.50. The van der Waals surface area contributed by atoms with E-state index >= 15 is 0 Å². The van der Waals surface area contributed by atoms with Gasteiger partial charge in [-0.25, -0.2) is 0 Å². The molecule has 0 aromatic rings. The van der Waals surface area contributed by atoms with Gasteiger partial charge in [-0.3, -0.25) is 9.79 Å². The summed E-state index contributed by atoms with van der Waals surface area (Å²) in [6.45, 7) is 0.723. The van der Waals surface area contributed by atoms with Crippen LogP contribution in [0.25, 0.3) is 0 Å². The number of hydrogen-bond donors (Lipinski definition) is 0. The van der Waals surface area contributed by atoms with E-state index in [1.165, 1.54) is 0 Å². The molecule has 19 heavy (non-hydrogen) atoms. The molecule has 3 nitrogen and oxygen atoms in total. The highest BCUT2D eigenvalue weighted by atomic mass is 79.9. The molecule has 4 unspecified atom stereocenters. The number of allylic oxidation sites excluding steroid dienone is 1. The summed E-state index contributed by atoms with van der Waals surface area (Å²) in [6, 6.07) is -0.222. The second kappa shape index (κ2) is 4.33. The van der Waals surface area contributed by atoms with Crippen LogP contribution in [0, 0.1) is 17.8 Å². The van der Waals surface area contributed by atoms with Gasteiger partial charge in [-0.2, -0.15) is 13.2 Å². The third kappa shape index (κ3) is 2.02. The molecular weight excluding hydrogens is 325 g/mol. The molecule has 0 aromatic carbocycles. The number of carbonyl (C=O) groups excluding carboxylic acids is 1. The van der Waals surface area contributed by atoms with E-state index in [2.05, 4.69) is 20.9 Å². The molecule has 0 saturated carbocycles. The molecule has 1 fully saturated rings. The Bertz CT molecular complexity index is 474. The second-order valence-electron chi connectivity index (χ2n) is 5.17. The van der Waals surface area contributed by atoms with E-state index in [9.17, 15) is 18.0 Å². The quantitative estimate of drug-likeness (QED) is 0.668. The maximum Gasteiger partial charge on any atom is 0.392 e. The van der Waals surface area contributed by atoms with Gasteiger partial charge >= 0.3 is 6.18 Å². The van der Waals surface area contributed by atoms with Crippen molar-refractivity contribution in [3.8, 4) is 0 Å². The fraction of sp³-hybridized carbons (Fsp3) is 0.667. The minimum absolute atomic E-state index is 0.141. The lowest BCUT2D eigenvalue weighted by molar-refractivity contribution is -0.193. The van der Waals surface area contributed by atoms with Crippen LogP contribution in [0.2, 0.25) is 0 Å². The van der Waals surface area contributed by atoms with Gasteiger partial charge in [0.25, 0.3) is 0 Å². The lowest BCUT2D eigenvalue weighted by Crippen LogP contribution is -2.41. The molecule has 4 atom stereocenters. The number of aliphatic imine (C=N–C) groups is 1. The summed E-state index contributed by atoms with van der Waals surface area (Å²) in [5.74, 6) is -3.33. The molecule has 0 aromatic heterocycles. The Kier molecular flexibility index (Phi) is 2.99. The maximum atomic E-state index is 13.2. The summed E-state index contributed by atoms with van der Waals surface area (Å²) >= 11 is 3.19. The fourth-order valence-corrected chi connectivity index (χ4v) is 3.98. The Labute approximate surface area is 116 Å². The van der Waals surface area contributed by atoms with Crippen LogP contribution in [-0.4, -0.2) is 42.3 Å². The van der Waals surface area contributed by atoms with Gasteiger partial charge in [-0.1, -0.05) is 22.0 Å². The van der Waals surface area contributed by atoms with Crippen molar-refractivity contribution in [2.45, 2.75) is 18.6 Å². The third-order valence-electron chi connectivity index (χ3n) is 4.17. The minimum atomic E-state index is -4.35. The van der Waals surface area contributed by atoms with Crippen molar-refractivity contribution in [3.63, 3.8) is 0 Å². The first-order chi connectivity index (χ1) is 8.89. The smallest absolute Gasteiger partial charge is 0.332 e. The van der Waals surface area contributed by atoms with Crippen LogP contribution in [0.1, 0.15) is 6.42 Å². The van der Waals surface area contributed by atoms with E-state index in [4.69, 9.17) is 0 Å². The van der Waals surface area contributed by atoms with Crippen LogP contribution in [0.5, 0.6) is 0 Å². The Morgan fingerprint density at radius 1 is 1.42 bits per heavy atom. The zero-order chi connectivity index (χ0) is 13.8. The van der Waals surface area contributed by atoms with E-state index in [1.54, 1.807) is 17.2 Å². The first kappa shape index (κ1) is 13.1. The molecule has 3 aliphatic rings. The van der Waals surface area contributed by atoms with Crippen LogP contribution in [0.15, 0.2) is 15.6 Å². The number of halogens is 4. The monoisotopic (exact) mass is 336 g/mol. The predicted molar refractivity (Wildman–Crippen MR) is 67.0 cm³/mol. The first-order valence-electron chi connectivity index (χ1n) is 6.11. The van der Waals surface area contributed by atoms with Crippen LogP contribution < -0.4 is 0 Å². The average molecular weight is 337 g/mol. The molecule has 1 amide bonds. The van der Waals surface area contributed by atoms with Gasteiger partial charge in [0.05, 0.1) is 31.0 Å². The van der Waals surface area contributed by atoms with Crippen molar-refractivity contribution in [1.82, 2.24) is 4.90 Å². The Balaban J connectivity index is 2.00. The normalized spacial score (nSPS) is 38.0. The lowest BCUT2D eigenvalue weighted by Gasteiger charge is -2.32. The van der Waals surface area contributed by atoms with Gasteiger partial charge in [0.2, 0.25) is 5.91 Å². The molecule has 0 N–H and O–H groups in total. The van der Waals surface area contributed by atoms with Gasteiger partial charge in [-0.05, 0) is 10.9 Å². The molecule has 104 valence electrons. The zero-order valence-corrected chi connectivity index (χ0v) is 11.5. The van der Waals surface area contributed by atoms with Gasteiger partial charge < -0.3 is 4.90 Å². The highest BCUT2D eigenvalue weighted by Gasteiger charge is 2.58. The molecule has 0 spiro atoms. The fourth-order valence-electron chi connectivity index (χ4n) is 3.33. The Morgan fingerprint density at radius 2 is 2.16 bits per heavy atom. The molecule has 3 rings (SSSR count). The molecule has 0 radical (unpaired) electrons. The van der Waals surface area contributed by atoms with Gasteiger partial charge in [0.15, 0.2) is 0 Å². The second-order valence-corrected chi connectivity index (χ2v) is 6.19. The molecule has 1 aliphatic carbocycles. The van der Waals surface area contributed by atoms with Crippen molar-refractivity contribution in [1.29, 1.82) is 0 Å². The number of nitrogens with zero attached hydrogens (tertiary/aromatic N) is 2. The van der Waals surface area contributed by atoms with E-state index in [0.29, 0.717) is 17.6 Å². The number of alkyl halides is 3. The van der Waals surface area contributed by atoms with Crippen molar-refractivity contribution >= 4 is 28.1 Å². The number of fused-ring (bicyclic) bond motifs is 3. The van der Waals surface area contributed by atoms with Gasteiger partial charge in [-0.15, -0.1) is 0 Å². The first-order valence-corrected chi connectivity index (χ1v) is 6.90. The number of carbonyl (C=O) groups is 1. The summed E-state index contributed by atoms with van der Waals surface area (Å²) in [7, 11) is 0. The predicted octanol–water partition coefficient (Wildman–Crippen LogP) is 2.38. The summed E-state index contributed by atoms with van der Waals surface area (Å²) < 4.78 is 40.0. The summed E-state index contributed by atoms with van der Waals surface area (Å²) in [6.07, 6.45) is -1.11. The molecule has 1 saturated heterocycles. The van der Waals surface area contributed by atoms with Crippen molar-refractivity contribution in [2.75, 3.05) is 13.1 Å². The largest absolute Gasteiger partial charge is 0.392 e. The number of rotatable bonds is 0. The van der Waals surface area contributed by atoms with Crippen LogP contribution in [0.4, 0.5) is 13.2 Å². The zero-order valence-electron chi connectivity index (χ0n) is 9.90. The third-order valence-corrected chi connectivity index (χ3v) is 4.76. The lowest BCUT2D eigenvalue weighted by atomic mass is 9.75. The SMILES string of the molecule is O=C1C2C(C=C(Br)CC2C(F)(F)F)C2CN=CCN12. The Morgan fingerprint density at radius 3 is 2.84 bits per heavy atom. The summed E-state index contributed by atoms with van der Waals surface area (Å²) in [4.78, 5) is 17.9. The topological polar surface area (TPSA) is 32.7 Å². The van der Waals surface area contributed by atoms with Crippen LogP contribution >= 0.6 is 15.9 Å². The van der Waals surface area contributed by atoms with Gasteiger partial charge in [0, 0.05) is 12.1 Å². The number of amides is 1. The molecule has 2 heterocycles. The minimum Gasteiger partial charge on any atom is -0.332 e. The highest BCUT2D eigenvalue weighted by molar-refractivity contribution is 9.11. The van der Waals surface area contributed by atoms with Gasteiger partial charge in [0.1, 0.15) is 0 Å². The summed E-state index contributed by atoms with van der Waals surface area (Å²) in [5, 5.41) is 0. The van der Waals surface area contributed by atoms with Crippen LogP contribution in [-0.2, 0) is 4.79 Å². The molecule has 2 aliphatic heterocycles. The summed E-state index contributed by atoms with van der Waals surface area (Å²) in [5.41, 5.74) is 0. The van der Waals surface area contributed by atoms with E-state index < -0.39 is 18.0 Å².